The molecule has 0 fully saturated rings. The third-order valence-corrected chi connectivity index (χ3v) is 4.35. The van der Waals surface area contributed by atoms with E-state index < -0.39 is 0 Å². The quantitative estimate of drug-likeness (QED) is 0.691. The van der Waals surface area contributed by atoms with E-state index in [1.54, 1.807) is 30.1 Å². The van der Waals surface area contributed by atoms with Gasteiger partial charge >= 0.3 is 6.03 Å². The van der Waals surface area contributed by atoms with Crippen LogP contribution in [0.15, 0.2) is 59.6 Å². The predicted molar refractivity (Wildman–Crippen MR) is 95.8 cm³/mol. The second kappa shape index (κ2) is 7.31. The van der Waals surface area contributed by atoms with Crippen molar-refractivity contribution in [2.24, 2.45) is 0 Å². The molecule has 0 aliphatic carbocycles. The molecule has 3 aromatic rings. The number of rotatable bonds is 4. The van der Waals surface area contributed by atoms with Gasteiger partial charge in [-0.1, -0.05) is 12.1 Å². The second-order valence-corrected chi connectivity index (χ2v) is 6.00. The Morgan fingerprint density at radius 3 is 2.71 bits per heavy atom. The molecule has 0 spiro atoms. The van der Waals surface area contributed by atoms with Gasteiger partial charge in [0.25, 0.3) is 0 Å². The fraction of sp³-hybridized carbons (Fsp3) is 0.111. The standard InChI is InChI=1S/C18H16FN3OS/c1-24-16-9-8-15-14(3-2-10-20-15)17(16)22-18(23)21-11-12-4-6-13(19)7-5-12/h2-10H,11H2,1H3,(H2,21,22,23). The lowest BCUT2D eigenvalue weighted by Crippen LogP contribution is -2.28. The summed E-state index contributed by atoms with van der Waals surface area (Å²) in [4.78, 5) is 17.5. The molecule has 0 atom stereocenters. The third kappa shape index (κ3) is 3.65. The van der Waals surface area contributed by atoms with Crippen molar-refractivity contribution in [3.63, 3.8) is 0 Å². The van der Waals surface area contributed by atoms with Crippen molar-refractivity contribution in [1.82, 2.24) is 10.3 Å². The molecule has 2 N–H and O–H groups in total. The van der Waals surface area contributed by atoms with Crippen molar-refractivity contribution in [2.45, 2.75) is 11.4 Å². The minimum atomic E-state index is -0.314. The van der Waals surface area contributed by atoms with E-state index in [1.807, 2.05) is 30.5 Å². The van der Waals surface area contributed by atoms with Gasteiger partial charge in [-0.2, -0.15) is 0 Å². The van der Waals surface area contributed by atoms with Crippen molar-refractivity contribution in [1.29, 1.82) is 0 Å². The maximum absolute atomic E-state index is 12.9. The Morgan fingerprint density at radius 2 is 1.96 bits per heavy atom. The number of hydrogen-bond donors (Lipinski definition) is 2. The SMILES string of the molecule is CSc1ccc2ncccc2c1NC(=O)NCc1ccc(F)cc1. The zero-order valence-electron chi connectivity index (χ0n) is 13.0. The molecule has 0 radical (unpaired) electrons. The van der Waals surface area contributed by atoms with Gasteiger partial charge in [0, 0.05) is 23.0 Å². The van der Waals surface area contributed by atoms with E-state index in [4.69, 9.17) is 0 Å². The number of benzene rings is 2. The molecule has 6 heteroatoms. The monoisotopic (exact) mass is 341 g/mol. The lowest BCUT2D eigenvalue weighted by atomic mass is 10.2. The number of hydrogen-bond acceptors (Lipinski definition) is 3. The highest BCUT2D eigenvalue weighted by Crippen LogP contribution is 2.32. The fourth-order valence-electron chi connectivity index (χ4n) is 2.37. The predicted octanol–water partition coefficient (Wildman–Crippen LogP) is 4.42. The molecular formula is C18H16FN3OS. The largest absolute Gasteiger partial charge is 0.334 e. The molecule has 1 heterocycles. The zero-order chi connectivity index (χ0) is 16.9. The maximum atomic E-state index is 12.9. The lowest BCUT2D eigenvalue weighted by Gasteiger charge is -2.13. The van der Waals surface area contributed by atoms with Crippen LogP contribution in [0.3, 0.4) is 0 Å². The van der Waals surface area contributed by atoms with Crippen molar-refractivity contribution >= 4 is 34.4 Å². The van der Waals surface area contributed by atoms with Crippen LogP contribution in [0.25, 0.3) is 10.9 Å². The van der Waals surface area contributed by atoms with Crippen LogP contribution in [0.1, 0.15) is 5.56 Å². The van der Waals surface area contributed by atoms with E-state index in [1.165, 1.54) is 12.1 Å². The summed E-state index contributed by atoms with van der Waals surface area (Å²) in [7, 11) is 0. The number of anilines is 1. The van der Waals surface area contributed by atoms with Crippen LogP contribution in [-0.4, -0.2) is 17.3 Å². The van der Waals surface area contributed by atoms with Gasteiger partial charge < -0.3 is 10.6 Å². The maximum Gasteiger partial charge on any atom is 0.319 e. The fourth-order valence-corrected chi connectivity index (χ4v) is 2.94. The Kier molecular flexibility index (Phi) is 4.96. The number of nitrogens with one attached hydrogen (secondary N) is 2. The van der Waals surface area contributed by atoms with E-state index in [2.05, 4.69) is 15.6 Å². The van der Waals surface area contributed by atoms with Crippen LogP contribution >= 0.6 is 11.8 Å². The highest BCUT2D eigenvalue weighted by Gasteiger charge is 2.11. The zero-order valence-corrected chi connectivity index (χ0v) is 13.9. The van der Waals surface area contributed by atoms with Crippen LogP contribution < -0.4 is 10.6 Å². The summed E-state index contributed by atoms with van der Waals surface area (Å²) >= 11 is 1.56. The van der Waals surface area contributed by atoms with E-state index >= 15 is 0 Å². The summed E-state index contributed by atoms with van der Waals surface area (Å²) in [6, 6.07) is 13.4. The lowest BCUT2D eigenvalue weighted by molar-refractivity contribution is 0.251. The summed E-state index contributed by atoms with van der Waals surface area (Å²) in [6.07, 6.45) is 3.68. The number of urea groups is 1. The summed E-state index contributed by atoms with van der Waals surface area (Å²) in [5, 5.41) is 6.57. The van der Waals surface area contributed by atoms with Crippen LogP contribution in [-0.2, 0) is 6.54 Å². The van der Waals surface area contributed by atoms with Gasteiger partial charge in [-0.15, -0.1) is 11.8 Å². The van der Waals surface area contributed by atoms with Gasteiger partial charge in [0.15, 0.2) is 0 Å². The molecule has 4 nitrogen and oxygen atoms in total. The van der Waals surface area contributed by atoms with Gasteiger partial charge in [-0.25, -0.2) is 9.18 Å². The Labute approximate surface area is 143 Å². The van der Waals surface area contributed by atoms with Gasteiger partial charge in [0.05, 0.1) is 11.2 Å². The number of amides is 2. The number of nitrogens with zero attached hydrogens (tertiary/aromatic N) is 1. The molecule has 0 saturated heterocycles. The summed E-state index contributed by atoms with van der Waals surface area (Å²) in [6.45, 7) is 0.323. The van der Waals surface area contributed by atoms with E-state index in [0.29, 0.717) is 6.54 Å². The molecule has 0 aliphatic rings. The smallest absolute Gasteiger partial charge is 0.319 e. The van der Waals surface area contributed by atoms with Crippen molar-refractivity contribution in [3.8, 4) is 0 Å². The van der Waals surface area contributed by atoms with Gasteiger partial charge in [0.1, 0.15) is 5.82 Å². The first-order chi connectivity index (χ1) is 11.7. The van der Waals surface area contributed by atoms with Crippen LogP contribution in [0.2, 0.25) is 0 Å². The second-order valence-electron chi connectivity index (χ2n) is 5.15. The van der Waals surface area contributed by atoms with Crippen molar-refractivity contribution < 1.29 is 9.18 Å². The normalized spacial score (nSPS) is 10.6. The van der Waals surface area contributed by atoms with Gasteiger partial charge in [0.2, 0.25) is 0 Å². The minimum Gasteiger partial charge on any atom is -0.334 e. The number of thioether (sulfide) groups is 1. The van der Waals surface area contributed by atoms with E-state index in [-0.39, 0.29) is 11.8 Å². The summed E-state index contributed by atoms with van der Waals surface area (Å²) in [5.74, 6) is -0.295. The molecule has 1 aromatic heterocycles. The van der Waals surface area contributed by atoms with E-state index in [0.717, 1.165) is 27.0 Å². The number of carbonyl (C=O) groups is 1. The number of fused-ring (bicyclic) bond motifs is 1. The number of carbonyl (C=O) groups excluding carboxylic acids is 1. The van der Waals surface area contributed by atoms with Crippen LogP contribution in [0, 0.1) is 5.82 Å². The number of pyridine rings is 1. The Balaban J connectivity index is 1.76. The average Bonchev–Trinajstić information content (AvgIpc) is 2.61. The molecule has 0 bridgehead atoms. The molecular weight excluding hydrogens is 325 g/mol. The molecule has 2 aromatic carbocycles. The third-order valence-electron chi connectivity index (χ3n) is 3.57. The first-order valence-corrected chi connectivity index (χ1v) is 8.61. The van der Waals surface area contributed by atoms with E-state index in [9.17, 15) is 9.18 Å². The van der Waals surface area contributed by atoms with Gasteiger partial charge in [-0.05, 0) is 48.2 Å². The van der Waals surface area contributed by atoms with Crippen molar-refractivity contribution in [3.05, 3.63) is 66.1 Å². The molecule has 0 saturated carbocycles. The Hall–Kier alpha value is -2.60. The first kappa shape index (κ1) is 16.3. The molecule has 2 amide bonds. The molecule has 3 rings (SSSR count). The minimum absolute atomic E-state index is 0.295. The van der Waals surface area contributed by atoms with Crippen LogP contribution in [0.5, 0.6) is 0 Å². The van der Waals surface area contributed by atoms with Crippen molar-refractivity contribution in [2.75, 3.05) is 11.6 Å². The summed E-state index contributed by atoms with van der Waals surface area (Å²) in [5.41, 5.74) is 2.39. The molecule has 122 valence electrons. The molecule has 0 aliphatic heterocycles. The van der Waals surface area contributed by atoms with Gasteiger partial charge in [-0.3, -0.25) is 4.98 Å². The molecule has 0 unspecified atom stereocenters. The Bertz CT molecular complexity index is 868. The first-order valence-electron chi connectivity index (χ1n) is 7.38. The average molecular weight is 341 g/mol. The summed E-state index contributed by atoms with van der Waals surface area (Å²) < 4.78 is 12.9. The topological polar surface area (TPSA) is 54.0 Å². The Morgan fingerprint density at radius 1 is 1.17 bits per heavy atom. The highest BCUT2D eigenvalue weighted by atomic mass is 32.2. The molecule has 24 heavy (non-hydrogen) atoms. The highest BCUT2D eigenvalue weighted by molar-refractivity contribution is 7.98. The van der Waals surface area contributed by atoms with Crippen LogP contribution in [0.4, 0.5) is 14.9 Å². The number of aromatic nitrogens is 1. The number of halogens is 1.